The molecule has 1 amide bonds. The van der Waals surface area contributed by atoms with Crippen LogP contribution in [0.3, 0.4) is 0 Å². The van der Waals surface area contributed by atoms with Gasteiger partial charge in [0, 0.05) is 37.6 Å². The number of benzene rings is 2. The Morgan fingerprint density at radius 1 is 1.05 bits per heavy atom. The number of rotatable bonds is 6. The number of halogens is 1. The Kier molecular flexibility index (Phi) is 7.58. The molecule has 5 rings (SSSR count). The molecule has 2 aromatic carbocycles. The van der Waals surface area contributed by atoms with Gasteiger partial charge in [-0.2, -0.15) is 0 Å². The quantitative estimate of drug-likeness (QED) is 0.524. The van der Waals surface area contributed by atoms with E-state index in [-0.39, 0.29) is 23.2 Å². The van der Waals surface area contributed by atoms with Crippen LogP contribution in [-0.2, 0) is 11.3 Å². The number of fused-ring (bicyclic) bond motifs is 1. The molecular formula is C29H34FN3O4. The molecule has 7 nitrogen and oxygen atoms in total. The second-order valence-corrected chi connectivity index (χ2v) is 10.3. The minimum Gasteiger partial charge on any atom is -0.506 e. The number of nitrogens with zero attached hydrogens (tertiary/aromatic N) is 2. The number of aromatic nitrogens is 1. The van der Waals surface area contributed by atoms with Crippen molar-refractivity contribution >= 4 is 16.8 Å². The van der Waals surface area contributed by atoms with Crippen LogP contribution < -0.4 is 10.9 Å². The molecule has 2 aliphatic rings. The lowest BCUT2D eigenvalue weighted by atomic mass is 9.87. The smallest absolute Gasteiger partial charge is 0.267 e. The lowest BCUT2D eigenvalue weighted by Crippen LogP contribution is -2.42. The highest BCUT2D eigenvalue weighted by atomic mass is 19.1. The van der Waals surface area contributed by atoms with Crippen LogP contribution in [0.4, 0.5) is 4.39 Å². The molecule has 0 spiro atoms. The fourth-order valence-corrected chi connectivity index (χ4v) is 5.51. The van der Waals surface area contributed by atoms with E-state index in [1.54, 1.807) is 22.8 Å². The van der Waals surface area contributed by atoms with Gasteiger partial charge in [-0.15, -0.1) is 0 Å². The van der Waals surface area contributed by atoms with Crippen LogP contribution in [0.1, 0.15) is 43.0 Å². The van der Waals surface area contributed by atoms with Crippen LogP contribution in [0.5, 0.6) is 5.75 Å². The molecular weight excluding hydrogens is 473 g/mol. The lowest BCUT2D eigenvalue weighted by Gasteiger charge is -2.28. The third-order valence-electron chi connectivity index (χ3n) is 7.74. The molecule has 1 saturated heterocycles. The first-order chi connectivity index (χ1) is 17.9. The zero-order chi connectivity index (χ0) is 25.9. The minimum absolute atomic E-state index is 0.0210. The van der Waals surface area contributed by atoms with Crippen LogP contribution in [0.25, 0.3) is 22.0 Å². The monoisotopic (exact) mass is 507 g/mol. The van der Waals surface area contributed by atoms with Crippen LogP contribution in [0.15, 0.2) is 47.3 Å². The largest absolute Gasteiger partial charge is 0.506 e. The second kappa shape index (κ2) is 11.0. The summed E-state index contributed by atoms with van der Waals surface area (Å²) in [6.07, 6.45) is 3.75. The molecule has 3 aromatic rings. The summed E-state index contributed by atoms with van der Waals surface area (Å²) >= 11 is 0. The number of amides is 1. The fraction of sp³-hybridized carbons (Fsp3) is 0.448. The average Bonchev–Trinajstić information content (AvgIpc) is 2.90. The van der Waals surface area contributed by atoms with Gasteiger partial charge in [-0.1, -0.05) is 31.2 Å². The van der Waals surface area contributed by atoms with E-state index in [1.165, 1.54) is 12.1 Å². The normalized spacial score (nSPS) is 20.7. The Labute approximate surface area is 215 Å². The highest BCUT2D eigenvalue weighted by molar-refractivity contribution is 6.07. The number of hydrogen-bond donors (Lipinski definition) is 2. The van der Waals surface area contributed by atoms with E-state index < -0.39 is 11.5 Å². The van der Waals surface area contributed by atoms with E-state index in [0.29, 0.717) is 54.3 Å². The summed E-state index contributed by atoms with van der Waals surface area (Å²) in [5, 5.41) is 14.9. The van der Waals surface area contributed by atoms with Crippen molar-refractivity contribution in [1.29, 1.82) is 0 Å². The number of nitrogens with one attached hydrogen (secondary N) is 1. The third-order valence-corrected chi connectivity index (χ3v) is 7.74. The maximum absolute atomic E-state index is 13.8. The van der Waals surface area contributed by atoms with Crippen molar-refractivity contribution in [2.75, 3.05) is 32.8 Å². The number of hydrogen-bond acceptors (Lipinski definition) is 5. The summed E-state index contributed by atoms with van der Waals surface area (Å²) in [4.78, 5) is 29.4. The zero-order valence-corrected chi connectivity index (χ0v) is 21.2. The molecule has 8 heteroatoms. The summed E-state index contributed by atoms with van der Waals surface area (Å²) in [5.41, 5.74) is 1.13. The molecule has 2 fully saturated rings. The molecule has 0 bridgehead atoms. The Bertz CT molecular complexity index is 1320. The highest BCUT2D eigenvalue weighted by Gasteiger charge is 2.27. The Hall–Kier alpha value is -3.23. The molecule has 1 aromatic heterocycles. The first-order valence-corrected chi connectivity index (χ1v) is 13.2. The van der Waals surface area contributed by atoms with Gasteiger partial charge in [-0.05, 0) is 60.9 Å². The molecule has 37 heavy (non-hydrogen) atoms. The molecule has 0 unspecified atom stereocenters. The highest BCUT2D eigenvalue weighted by Crippen LogP contribution is 2.36. The Morgan fingerprint density at radius 2 is 1.76 bits per heavy atom. The number of ether oxygens (including phenoxy) is 1. The average molecular weight is 508 g/mol. The van der Waals surface area contributed by atoms with E-state index in [2.05, 4.69) is 17.1 Å². The molecule has 1 aliphatic heterocycles. The van der Waals surface area contributed by atoms with Crippen molar-refractivity contribution in [3.05, 3.63) is 64.2 Å². The van der Waals surface area contributed by atoms with E-state index in [1.807, 2.05) is 12.1 Å². The van der Waals surface area contributed by atoms with Crippen LogP contribution in [-0.4, -0.2) is 59.4 Å². The predicted octanol–water partition coefficient (Wildman–Crippen LogP) is 4.15. The number of carbonyl (C=O) groups is 1. The molecule has 2 N–H and O–H groups in total. The van der Waals surface area contributed by atoms with Crippen LogP contribution in [0.2, 0.25) is 0 Å². The summed E-state index contributed by atoms with van der Waals surface area (Å²) in [5.74, 6) is -0.613. The maximum atomic E-state index is 13.8. The number of pyridine rings is 1. The topological polar surface area (TPSA) is 83.8 Å². The Morgan fingerprint density at radius 3 is 2.46 bits per heavy atom. The number of aromatic hydroxyl groups is 1. The molecule has 0 radical (unpaired) electrons. The van der Waals surface area contributed by atoms with Gasteiger partial charge in [0.15, 0.2) is 0 Å². The predicted molar refractivity (Wildman–Crippen MR) is 141 cm³/mol. The van der Waals surface area contributed by atoms with Crippen LogP contribution in [0, 0.1) is 11.7 Å². The number of carbonyl (C=O) groups excluding carboxylic acids is 1. The first-order valence-electron chi connectivity index (χ1n) is 13.2. The molecule has 196 valence electrons. The van der Waals surface area contributed by atoms with Crippen molar-refractivity contribution in [2.45, 2.75) is 45.2 Å². The molecule has 2 heterocycles. The van der Waals surface area contributed by atoms with Crippen molar-refractivity contribution in [3.8, 4) is 16.9 Å². The van der Waals surface area contributed by atoms with Crippen molar-refractivity contribution in [3.63, 3.8) is 0 Å². The maximum Gasteiger partial charge on any atom is 0.267 e. The van der Waals surface area contributed by atoms with Gasteiger partial charge < -0.3 is 19.7 Å². The zero-order valence-electron chi connectivity index (χ0n) is 21.2. The van der Waals surface area contributed by atoms with E-state index in [4.69, 9.17) is 4.74 Å². The van der Waals surface area contributed by atoms with E-state index in [9.17, 15) is 19.1 Å². The molecule has 0 atom stereocenters. The summed E-state index contributed by atoms with van der Waals surface area (Å²) < 4.78 is 20.7. The molecule has 1 aliphatic carbocycles. The van der Waals surface area contributed by atoms with Crippen molar-refractivity contribution in [1.82, 2.24) is 14.8 Å². The van der Waals surface area contributed by atoms with Crippen LogP contribution >= 0.6 is 0 Å². The minimum atomic E-state index is -0.544. The van der Waals surface area contributed by atoms with Gasteiger partial charge >= 0.3 is 0 Å². The summed E-state index contributed by atoms with van der Waals surface area (Å²) in [6, 6.07) is 11.4. The van der Waals surface area contributed by atoms with Gasteiger partial charge in [0.1, 0.15) is 17.1 Å². The van der Waals surface area contributed by atoms with Crippen molar-refractivity contribution in [2.24, 2.45) is 5.92 Å². The third kappa shape index (κ3) is 5.40. The molecule has 1 saturated carbocycles. The van der Waals surface area contributed by atoms with Gasteiger partial charge in [0.25, 0.3) is 11.5 Å². The Balaban J connectivity index is 1.60. The van der Waals surface area contributed by atoms with Gasteiger partial charge in [-0.3, -0.25) is 14.5 Å². The van der Waals surface area contributed by atoms with Gasteiger partial charge in [-0.25, -0.2) is 4.39 Å². The standard InChI is InChI=1S/C29H34FN3O4/c1-19-5-11-22(12-6-19)31-28(35)26-27(34)25-23(20-7-9-21(30)10-8-20)3-2-4-24(25)33(29(26)36)14-13-32-15-17-37-18-16-32/h2-4,7-10,19,22,34H,5-6,11-18H2,1H3,(H,31,35). The number of morpholine rings is 1. The summed E-state index contributed by atoms with van der Waals surface area (Å²) in [7, 11) is 0. The lowest BCUT2D eigenvalue weighted by molar-refractivity contribution is 0.0364. The van der Waals surface area contributed by atoms with E-state index >= 15 is 0 Å². The fourth-order valence-electron chi connectivity index (χ4n) is 5.51. The van der Waals surface area contributed by atoms with Crippen molar-refractivity contribution < 1.29 is 19.0 Å². The SMILES string of the molecule is CC1CCC(NC(=O)c2c(O)c3c(-c4ccc(F)cc4)cccc3n(CCN3CCOCC3)c2=O)CC1. The van der Waals surface area contributed by atoms with E-state index in [0.717, 1.165) is 38.8 Å². The van der Waals surface area contributed by atoms with Gasteiger partial charge in [0.05, 0.1) is 18.7 Å². The summed E-state index contributed by atoms with van der Waals surface area (Å²) in [6.45, 7) is 6.03. The second-order valence-electron chi connectivity index (χ2n) is 10.3. The van der Waals surface area contributed by atoms with Gasteiger partial charge in [0.2, 0.25) is 0 Å². The first kappa shape index (κ1) is 25.4.